The maximum atomic E-state index is 12.6. The van der Waals surface area contributed by atoms with Crippen LogP contribution in [0.25, 0.3) is 0 Å². The van der Waals surface area contributed by atoms with Crippen LogP contribution in [0.3, 0.4) is 0 Å². The van der Waals surface area contributed by atoms with E-state index in [1.807, 2.05) is 0 Å². The number of likely N-dealkylation sites (tertiary alicyclic amines) is 1. The summed E-state index contributed by atoms with van der Waals surface area (Å²) in [5, 5.41) is 3.11. The molecule has 1 fully saturated rings. The molecule has 4 nitrogen and oxygen atoms in total. The summed E-state index contributed by atoms with van der Waals surface area (Å²) < 4.78 is 37.7. The molecule has 1 aromatic heterocycles. The van der Waals surface area contributed by atoms with Gasteiger partial charge in [0.25, 0.3) is 5.91 Å². The highest BCUT2D eigenvalue weighted by Crippen LogP contribution is 2.29. The number of aromatic nitrogens is 1. The molecule has 0 bridgehead atoms. The van der Waals surface area contributed by atoms with Crippen molar-refractivity contribution in [2.75, 3.05) is 11.9 Å². The lowest BCUT2D eigenvalue weighted by Crippen LogP contribution is -2.36. The van der Waals surface area contributed by atoms with Gasteiger partial charge < -0.3 is 0 Å². The molecule has 0 aliphatic carbocycles. The van der Waals surface area contributed by atoms with Gasteiger partial charge in [0.1, 0.15) is 0 Å². The van der Waals surface area contributed by atoms with Crippen LogP contribution in [-0.2, 0) is 12.7 Å². The highest BCUT2D eigenvalue weighted by atomic mass is 32.1. The summed E-state index contributed by atoms with van der Waals surface area (Å²) in [6, 6.07) is 4.68. The fourth-order valence-electron chi connectivity index (χ4n) is 3.01. The highest BCUT2D eigenvalue weighted by molar-refractivity contribution is 7.15. The number of carbonyl (C=O) groups is 1. The highest BCUT2D eigenvalue weighted by Gasteiger charge is 2.30. The molecule has 2 heterocycles. The third kappa shape index (κ3) is 4.62. The minimum atomic E-state index is -4.41. The van der Waals surface area contributed by atoms with Crippen molar-refractivity contribution in [2.45, 2.75) is 44.9 Å². The average Bonchev–Trinajstić information content (AvgIpc) is 3.03. The van der Waals surface area contributed by atoms with Crippen molar-refractivity contribution in [1.29, 1.82) is 0 Å². The number of rotatable bonds is 4. The van der Waals surface area contributed by atoms with Crippen LogP contribution in [0.5, 0.6) is 0 Å². The standard InChI is InChI=1S/C18H20F3N3OS/c1-12-4-2-3-9-24(12)11-15-10-22-17(26-15)23-16(25)13-5-7-14(8-6-13)18(19,20)21/h5-8,10,12H,2-4,9,11H2,1H3,(H,22,23,25). The molecule has 140 valence electrons. The Morgan fingerprint density at radius 1 is 1.31 bits per heavy atom. The zero-order valence-electron chi connectivity index (χ0n) is 14.3. The van der Waals surface area contributed by atoms with Crippen LogP contribution in [-0.4, -0.2) is 28.4 Å². The van der Waals surface area contributed by atoms with E-state index in [1.165, 1.54) is 42.7 Å². The van der Waals surface area contributed by atoms with E-state index in [-0.39, 0.29) is 5.56 Å². The molecule has 3 rings (SSSR count). The predicted molar refractivity (Wildman–Crippen MR) is 95.2 cm³/mol. The molecule has 0 spiro atoms. The van der Waals surface area contributed by atoms with Gasteiger partial charge in [-0.15, -0.1) is 11.3 Å². The number of alkyl halides is 3. The van der Waals surface area contributed by atoms with Gasteiger partial charge in [0.15, 0.2) is 5.13 Å². The summed E-state index contributed by atoms with van der Waals surface area (Å²) in [6.45, 7) is 4.08. The van der Waals surface area contributed by atoms with Crippen molar-refractivity contribution >= 4 is 22.4 Å². The summed E-state index contributed by atoms with van der Waals surface area (Å²) >= 11 is 1.39. The number of hydrogen-bond acceptors (Lipinski definition) is 4. The number of anilines is 1. The monoisotopic (exact) mass is 383 g/mol. The second-order valence-corrected chi connectivity index (χ2v) is 7.59. The molecule has 26 heavy (non-hydrogen) atoms. The van der Waals surface area contributed by atoms with Crippen LogP contribution in [0, 0.1) is 0 Å². The molecule has 1 aromatic carbocycles. The van der Waals surface area contributed by atoms with Crippen LogP contribution in [0.2, 0.25) is 0 Å². The number of thiazole rings is 1. The third-order valence-corrected chi connectivity index (χ3v) is 5.45. The normalized spacial score (nSPS) is 18.7. The minimum absolute atomic E-state index is 0.166. The smallest absolute Gasteiger partial charge is 0.298 e. The quantitative estimate of drug-likeness (QED) is 0.826. The number of piperidine rings is 1. The van der Waals surface area contributed by atoms with Gasteiger partial charge in [0.05, 0.1) is 5.56 Å². The molecule has 1 aliphatic heterocycles. The maximum absolute atomic E-state index is 12.6. The van der Waals surface area contributed by atoms with Gasteiger partial charge in [-0.05, 0) is 50.6 Å². The number of hydrogen-bond donors (Lipinski definition) is 1. The van der Waals surface area contributed by atoms with Crippen LogP contribution in [0.4, 0.5) is 18.3 Å². The number of nitrogens with one attached hydrogen (secondary N) is 1. The summed E-state index contributed by atoms with van der Waals surface area (Å²) in [6.07, 6.45) is 0.977. The zero-order valence-corrected chi connectivity index (χ0v) is 15.2. The largest absolute Gasteiger partial charge is 0.416 e. The Kier molecular flexibility index (Phi) is 5.62. The molecule has 1 saturated heterocycles. The summed E-state index contributed by atoms with van der Waals surface area (Å²) in [5.74, 6) is -0.467. The first-order valence-electron chi connectivity index (χ1n) is 8.50. The first kappa shape index (κ1) is 18.8. The van der Waals surface area contributed by atoms with E-state index >= 15 is 0 Å². The van der Waals surface area contributed by atoms with Gasteiger partial charge in [0, 0.05) is 29.2 Å². The van der Waals surface area contributed by atoms with Gasteiger partial charge in [-0.1, -0.05) is 6.42 Å². The lowest BCUT2D eigenvalue weighted by Gasteiger charge is -2.32. The first-order valence-corrected chi connectivity index (χ1v) is 9.32. The Hall–Kier alpha value is -1.93. The van der Waals surface area contributed by atoms with Crippen LogP contribution >= 0.6 is 11.3 Å². The van der Waals surface area contributed by atoms with Crippen LogP contribution in [0.1, 0.15) is 47.0 Å². The lowest BCUT2D eigenvalue weighted by molar-refractivity contribution is -0.137. The average molecular weight is 383 g/mol. The Morgan fingerprint density at radius 3 is 2.69 bits per heavy atom. The molecule has 1 atom stereocenters. The van der Waals surface area contributed by atoms with Crippen molar-refractivity contribution in [3.05, 3.63) is 46.5 Å². The van der Waals surface area contributed by atoms with E-state index in [4.69, 9.17) is 0 Å². The van der Waals surface area contributed by atoms with E-state index in [9.17, 15) is 18.0 Å². The van der Waals surface area contributed by atoms with Crippen molar-refractivity contribution in [3.8, 4) is 0 Å². The van der Waals surface area contributed by atoms with E-state index in [0.717, 1.165) is 30.1 Å². The molecule has 2 aromatic rings. The van der Waals surface area contributed by atoms with Gasteiger partial charge in [0.2, 0.25) is 0 Å². The Bertz CT molecular complexity index is 758. The van der Waals surface area contributed by atoms with Crippen molar-refractivity contribution in [2.24, 2.45) is 0 Å². The summed E-state index contributed by atoms with van der Waals surface area (Å²) in [5.41, 5.74) is -0.611. The van der Waals surface area contributed by atoms with Gasteiger partial charge in [-0.25, -0.2) is 4.98 Å². The zero-order chi connectivity index (χ0) is 18.7. The molecule has 1 aliphatic rings. The molecule has 0 radical (unpaired) electrons. The van der Waals surface area contributed by atoms with Crippen molar-refractivity contribution in [3.63, 3.8) is 0 Å². The minimum Gasteiger partial charge on any atom is -0.298 e. The Balaban J connectivity index is 1.60. The van der Waals surface area contributed by atoms with E-state index < -0.39 is 17.6 Å². The topological polar surface area (TPSA) is 45.2 Å². The summed E-state index contributed by atoms with van der Waals surface area (Å²) in [4.78, 5) is 19.9. The molecule has 1 amide bonds. The van der Waals surface area contributed by atoms with Gasteiger partial charge in [-0.2, -0.15) is 13.2 Å². The molecule has 8 heteroatoms. The van der Waals surface area contributed by atoms with Crippen molar-refractivity contribution < 1.29 is 18.0 Å². The number of halogens is 3. The van der Waals surface area contributed by atoms with Gasteiger partial charge >= 0.3 is 6.18 Å². The fourth-order valence-corrected chi connectivity index (χ4v) is 3.84. The molecule has 1 N–H and O–H groups in total. The first-order chi connectivity index (χ1) is 12.3. The predicted octanol–water partition coefficient (Wildman–Crippen LogP) is 4.79. The maximum Gasteiger partial charge on any atom is 0.416 e. The molecule has 0 saturated carbocycles. The Morgan fingerprint density at radius 2 is 2.04 bits per heavy atom. The number of amides is 1. The van der Waals surface area contributed by atoms with Crippen molar-refractivity contribution in [1.82, 2.24) is 9.88 Å². The molecular formula is C18H20F3N3OS. The van der Waals surface area contributed by atoms with Gasteiger partial charge in [-0.3, -0.25) is 15.0 Å². The molecule has 1 unspecified atom stereocenters. The van der Waals surface area contributed by atoms with E-state index in [2.05, 4.69) is 22.1 Å². The Labute approximate surface area is 154 Å². The summed E-state index contributed by atoms with van der Waals surface area (Å²) in [7, 11) is 0. The SMILES string of the molecule is CC1CCCCN1Cc1cnc(NC(=O)c2ccc(C(F)(F)F)cc2)s1. The molecular weight excluding hydrogens is 363 g/mol. The second-order valence-electron chi connectivity index (χ2n) is 6.48. The number of benzene rings is 1. The second kappa shape index (κ2) is 7.75. The van der Waals surface area contributed by atoms with Crippen LogP contribution < -0.4 is 5.32 Å². The number of nitrogens with zero attached hydrogens (tertiary/aromatic N) is 2. The van der Waals surface area contributed by atoms with E-state index in [0.29, 0.717) is 11.2 Å². The number of carbonyl (C=O) groups excluding carboxylic acids is 1. The van der Waals surface area contributed by atoms with Crippen LogP contribution in [0.15, 0.2) is 30.5 Å². The third-order valence-electron chi connectivity index (χ3n) is 4.55. The fraction of sp³-hybridized carbons (Fsp3) is 0.444. The van der Waals surface area contributed by atoms with E-state index in [1.54, 1.807) is 6.20 Å². The lowest BCUT2D eigenvalue weighted by atomic mass is 10.0.